The van der Waals surface area contributed by atoms with E-state index in [1.807, 2.05) is 91.0 Å². The number of nitrogens with zero attached hydrogens (tertiary/aromatic N) is 5. The molecule has 0 aliphatic heterocycles. The Morgan fingerprint density at radius 1 is 0.750 bits per heavy atom. The summed E-state index contributed by atoms with van der Waals surface area (Å²) >= 11 is 0. The monoisotopic (exact) mass is 421 g/mol. The standard InChI is InChI=1S/C25H19N5O2/c1-31-24-17-18(30-28-25(27-29-30)22-12-7-8-16-26-22)14-15-21(24)20-11-5-6-13-23(20)32-19-9-3-2-4-10-19/h2-17H,1H3. The molecule has 0 fully saturated rings. The Morgan fingerprint density at radius 3 is 2.34 bits per heavy atom. The van der Waals surface area contributed by atoms with E-state index in [2.05, 4.69) is 20.4 Å². The fourth-order valence-electron chi connectivity index (χ4n) is 3.34. The van der Waals surface area contributed by atoms with Crippen molar-refractivity contribution in [2.24, 2.45) is 0 Å². The largest absolute Gasteiger partial charge is 0.496 e. The van der Waals surface area contributed by atoms with Gasteiger partial charge in [-0.1, -0.05) is 42.5 Å². The molecule has 0 aliphatic rings. The van der Waals surface area contributed by atoms with Crippen molar-refractivity contribution in [3.63, 3.8) is 0 Å². The third kappa shape index (κ3) is 3.91. The highest BCUT2D eigenvalue weighted by Crippen LogP contribution is 2.39. The first-order valence-corrected chi connectivity index (χ1v) is 10.0. The maximum Gasteiger partial charge on any atom is 0.223 e. The van der Waals surface area contributed by atoms with Crippen LogP contribution in [-0.2, 0) is 0 Å². The summed E-state index contributed by atoms with van der Waals surface area (Å²) in [5.41, 5.74) is 3.20. The molecule has 0 saturated carbocycles. The number of rotatable bonds is 6. The number of pyridine rings is 1. The maximum absolute atomic E-state index is 6.13. The second kappa shape index (κ2) is 8.69. The first kappa shape index (κ1) is 19.4. The number of tetrazole rings is 1. The summed E-state index contributed by atoms with van der Waals surface area (Å²) in [5, 5.41) is 12.7. The molecule has 32 heavy (non-hydrogen) atoms. The van der Waals surface area contributed by atoms with Crippen molar-refractivity contribution in [2.75, 3.05) is 7.11 Å². The molecule has 0 radical (unpaired) electrons. The molecule has 5 aromatic rings. The zero-order chi connectivity index (χ0) is 21.8. The van der Waals surface area contributed by atoms with E-state index in [0.717, 1.165) is 28.3 Å². The third-order valence-electron chi connectivity index (χ3n) is 4.87. The fraction of sp³-hybridized carbons (Fsp3) is 0.0400. The van der Waals surface area contributed by atoms with Gasteiger partial charge in [-0.3, -0.25) is 4.98 Å². The number of para-hydroxylation sites is 2. The molecule has 2 aromatic heterocycles. The van der Waals surface area contributed by atoms with Gasteiger partial charge in [-0.05, 0) is 47.7 Å². The highest BCUT2D eigenvalue weighted by Gasteiger charge is 2.15. The van der Waals surface area contributed by atoms with Gasteiger partial charge in [-0.25, -0.2) is 0 Å². The summed E-state index contributed by atoms with van der Waals surface area (Å²) in [6.45, 7) is 0. The summed E-state index contributed by atoms with van der Waals surface area (Å²) in [4.78, 5) is 5.73. The molecule has 0 spiro atoms. The lowest BCUT2D eigenvalue weighted by Crippen LogP contribution is -2.01. The van der Waals surface area contributed by atoms with Crippen molar-refractivity contribution < 1.29 is 9.47 Å². The molecule has 0 bridgehead atoms. The molecule has 0 amide bonds. The second-order valence-electron chi connectivity index (χ2n) is 6.91. The number of benzene rings is 3. The predicted molar refractivity (Wildman–Crippen MR) is 121 cm³/mol. The SMILES string of the molecule is COc1cc(-n2nnc(-c3ccccn3)n2)ccc1-c1ccccc1Oc1ccccc1. The van der Waals surface area contributed by atoms with Crippen LogP contribution in [0.4, 0.5) is 0 Å². The lowest BCUT2D eigenvalue weighted by Gasteiger charge is -2.14. The lowest BCUT2D eigenvalue weighted by atomic mass is 10.0. The number of methoxy groups -OCH3 is 1. The van der Waals surface area contributed by atoms with Crippen LogP contribution in [-0.4, -0.2) is 32.3 Å². The minimum atomic E-state index is 0.454. The first-order valence-electron chi connectivity index (χ1n) is 10.0. The first-order chi connectivity index (χ1) is 15.8. The average Bonchev–Trinajstić information content (AvgIpc) is 3.36. The Kier molecular flexibility index (Phi) is 5.28. The van der Waals surface area contributed by atoms with Crippen LogP contribution in [0.5, 0.6) is 17.2 Å². The summed E-state index contributed by atoms with van der Waals surface area (Å²) in [6, 6.07) is 28.9. The summed E-state index contributed by atoms with van der Waals surface area (Å²) in [7, 11) is 1.64. The van der Waals surface area contributed by atoms with Crippen LogP contribution in [0, 0.1) is 0 Å². The van der Waals surface area contributed by atoms with Gasteiger partial charge < -0.3 is 9.47 Å². The van der Waals surface area contributed by atoms with Gasteiger partial charge in [-0.2, -0.15) is 0 Å². The normalized spacial score (nSPS) is 10.7. The zero-order valence-corrected chi connectivity index (χ0v) is 17.3. The molecule has 2 heterocycles. The van der Waals surface area contributed by atoms with Gasteiger partial charge in [0.05, 0.1) is 12.8 Å². The Bertz CT molecular complexity index is 1340. The Hall–Kier alpha value is -4.52. The smallest absolute Gasteiger partial charge is 0.223 e. The maximum atomic E-state index is 6.13. The molecule has 0 N–H and O–H groups in total. The van der Waals surface area contributed by atoms with E-state index < -0.39 is 0 Å². The number of ether oxygens (including phenoxy) is 2. The van der Waals surface area contributed by atoms with Crippen LogP contribution >= 0.6 is 0 Å². The van der Waals surface area contributed by atoms with Gasteiger partial charge in [0.2, 0.25) is 5.82 Å². The van der Waals surface area contributed by atoms with E-state index in [0.29, 0.717) is 17.3 Å². The molecule has 156 valence electrons. The quantitative estimate of drug-likeness (QED) is 0.375. The minimum absolute atomic E-state index is 0.454. The summed E-state index contributed by atoms with van der Waals surface area (Å²) < 4.78 is 11.8. The minimum Gasteiger partial charge on any atom is -0.496 e. The zero-order valence-electron chi connectivity index (χ0n) is 17.3. The average molecular weight is 421 g/mol. The van der Waals surface area contributed by atoms with Gasteiger partial charge in [0, 0.05) is 23.4 Å². The van der Waals surface area contributed by atoms with Crippen molar-refractivity contribution in [1.29, 1.82) is 0 Å². The molecule has 0 unspecified atom stereocenters. The van der Waals surface area contributed by atoms with Crippen molar-refractivity contribution in [3.8, 4) is 45.6 Å². The molecule has 0 aliphatic carbocycles. The predicted octanol–water partition coefficient (Wildman–Crippen LogP) is 5.19. The van der Waals surface area contributed by atoms with E-state index in [4.69, 9.17) is 9.47 Å². The van der Waals surface area contributed by atoms with Crippen LogP contribution in [0.25, 0.3) is 28.3 Å². The van der Waals surface area contributed by atoms with Gasteiger partial charge in [0.25, 0.3) is 0 Å². The van der Waals surface area contributed by atoms with Crippen LogP contribution in [0.3, 0.4) is 0 Å². The number of hydrogen-bond donors (Lipinski definition) is 0. The molecule has 5 rings (SSSR count). The summed E-state index contributed by atoms with van der Waals surface area (Å²) in [5.74, 6) is 2.63. The molecular formula is C25H19N5O2. The van der Waals surface area contributed by atoms with Crippen molar-refractivity contribution in [2.45, 2.75) is 0 Å². The molecule has 3 aromatic carbocycles. The Balaban J connectivity index is 1.50. The van der Waals surface area contributed by atoms with Crippen LogP contribution in [0.1, 0.15) is 0 Å². The summed E-state index contributed by atoms with van der Waals surface area (Å²) in [6.07, 6.45) is 1.70. The van der Waals surface area contributed by atoms with Crippen molar-refractivity contribution >= 4 is 0 Å². The number of hydrogen-bond acceptors (Lipinski definition) is 6. The van der Waals surface area contributed by atoms with Gasteiger partial charge in [0.15, 0.2) is 0 Å². The second-order valence-corrected chi connectivity index (χ2v) is 6.91. The Morgan fingerprint density at radius 2 is 1.53 bits per heavy atom. The van der Waals surface area contributed by atoms with Crippen molar-refractivity contribution in [1.82, 2.24) is 25.2 Å². The molecule has 0 atom stereocenters. The van der Waals surface area contributed by atoms with Gasteiger partial charge in [0.1, 0.15) is 22.9 Å². The Labute approximate surface area is 184 Å². The van der Waals surface area contributed by atoms with E-state index in [1.54, 1.807) is 13.3 Å². The van der Waals surface area contributed by atoms with Crippen molar-refractivity contribution in [3.05, 3.63) is 97.2 Å². The highest BCUT2D eigenvalue weighted by molar-refractivity contribution is 5.77. The molecule has 7 heteroatoms. The van der Waals surface area contributed by atoms with Crippen LogP contribution in [0.15, 0.2) is 97.2 Å². The third-order valence-corrected chi connectivity index (χ3v) is 4.87. The molecular weight excluding hydrogens is 402 g/mol. The van der Waals surface area contributed by atoms with Crippen LogP contribution < -0.4 is 9.47 Å². The van der Waals surface area contributed by atoms with E-state index in [1.165, 1.54) is 4.80 Å². The topological polar surface area (TPSA) is 75.0 Å². The van der Waals surface area contributed by atoms with Gasteiger partial charge >= 0.3 is 0 Å². The lowest BCUT2D eigenvalue weighted by molar-refractivity contribution is 0.415. The molecule has 7 nitrogen and oxygen atoms in total. The van der Waals surface area contributed by atoms with Gasteiger partial charge in [-0.15, -0.1) is 15.0 Å². The fourth-order valence-corrected chi connectivity index (χ4v) is 3.34. The molecule has 0 saturated heterocycles. The number of aromatic nitrogens is 5. The van der Waals surface area contributed by atoms with E-state index >= 15 is 0 Å². The van der Waals surface area contributed by atoms with Crippen LogP contribution in [0.2, 0.25) is 0 Å². The van der Waals surface area contributed by atoms with E-state index in [9.17, 15) is 0 Å². The van der Waals surface area contributed by atoms with E-state index in [-0.39, 0.29) is 0 Å². The highest BCUT2D eigenvalue weighted by atomic mass is 16.5.